The molecule has 2 fully saturated rings. The number of piperidine rings is 1. The van der Waals surface area contributed by atoms with Crippen LogP contribution in [0.2, 0.25) is 0 Å². The Labute approximate surface area is 109 Å². The van der Waals surface area contributed by atoms with Crippen molar-refractivity contribution in [2.75, 3.05) is 6.26 Å². The largest absolute Gasteiger partial charge is 0.352 e. The van der Waals surface area contributed by atoms with Gasteiger partial charge in [0, 0.05) is 24.4 Å². The zero-order chi connectivity index (χ0) is 13.6. The molecule has 18 heavy (non-hydrogen) atoms. The van der Waals surface area contributed by atoms with Crippen LogP contribution in [-0.2, 0) is 14.6 Å². The van der Waals surface area contributed by atoms with Crippen molar-refractivity contribution >= 4 is 15.7 Å². The normalized spacial score (nSPS) is 32.3. The van der Waals surface area contributed by atoms with Crippen LogP contribution in [-0.4, -0.2) is 43.5 Å². The molecule has 2 aliphatic heterocycles. The first-order valence-corrected chi connectivity index (χ1v) is 8.36. The molecular formula is C12H22N2O3S. The number of hydrogen-bond acceptors (Lipinski definition) is 4. The molecule has 104 valence electrons. The summed E-state index contributed by atoms with van der Waals surface area (Å²) < 4.78 is 21.9. The second kappa shape index (κ2) is 4.49. The first kappa shape index (κ1) is 13.8. The monoisotopic (exact) mass is 274 g/mol. The lowest BCUT2D eigenvalue weighted by molar-refractivity contribution is -0.123. The third-order valence-corrected chi connectivity index (χ3v) is 6.32. The van der Waals surface area contributed by atoms with Gasteiger partial charge in [-0.25, -0.2) is 8.42 Å². The molecule has 0 saturated carbocycles. The predicted molar refractivity (Wildman–Crippen MR) is 70.0 cm³/mol. The van der Waals surface area contributed by atoms with Crippen LogP contribution in [0.1, 0.15) is 39.5 Å². The summed E-state index contributed by atoms with van der Waals surface area (Å²) in [4.78, 5) is 12.1. The number of hydrogen-bond donors (Lipinski definition) is 2. The molecule has 0 aliphatic carbocycles. The first-order chi connectivity index (χ1) is 8.20. The number of amides is 1. The van der Waals surface area contributed by atoms with E-state index < -0.39 is 14.6 Å². The van der Waals surface area contributed by atoms with Gasteiger partial charge in [0.1, 0.15) is 4.75 Å². The minimum absolute atomic E-state index is 0.109. The molecule has 2 rings (SSSR count). The van der Waals surface area contributed by atoms with E-state index in [9.17, 15) is 13.2 Å². The molecule has 0 aromatic carbocycles. The van der Waals surface area contributed by atoms with Crippen molar-refractivity contribution in [3.05, 3.63) is 0 Å². The molecule has 0 aromatic heterocycles. The van der Waals surface area contributed by atoms with Gasteiger partial charge in [0.15, 0.2) is 9.84 Å². The molecule has 2 bridgehead atoms. The molecule has 0 aromatic rings. The Hall–Kier alpha value is -0.620. The molecule has 1 amide bonds. The van der Waals surface area contributed by atoms with Gasteiger partial charge in [-0.05, 0) is 39.5 Å². The Morgan fingerprint density at radius 2 is 1.72 bits per heavy atom. The molecule has 5 nitrogen and oxygen atoms in total. The maximum atomic E-state index is 12.1. The van der Waals surface area contributed by atoms with Crippen LogP contribution in [0.15, 0.2) is 0 Å². The molecule has 2 atom stereocenters. The summed E-state index contributed by atoms with van der Waals surface area (Å²) in [5.74, 6) is -0.378. The van der Waals surface area contributed by atoms with Gasteiger partial charge in [-0.3, -0.25) is 4.79 Å². The van der Waals surface area contributed by atoms with Crippen molar-refractivity contribution in [1.82, 2.24) is 10.6 Å². The minimum atomic E-state index is -3.39. The average molecular weight is 274 g/mol. The fraction of sp³-hybridized carbons (Fsp3) is 0.917. The number of fused-ring (bicyclic) bond motifs is 2. The summed E-state index contributed by atoms with van der Waals surface area (Å²) in [6, 6.07) is 1.07. The van der Waals surface area contributed by atoms with Crippen molar-refractivity contribution in [1.29, 1.82) is 0 Å². The maximum absolute atomic E-state index is 12.1. The Kier molecular flexibility index (Phi) is 3.44. The maximum Gasteiger partial charge on any atom is 0.241 e. The van der Waals surface area contributed by atoms with Crippen LogP contribution in [0.25, 0.3) is 0 Å². The third-order valence-electron chi connectivity index (χ3n) is 4.28. The highest BCUT2D eigenvalue weighted by molar-refractivity contribution is 7.92. The summed E-state index contributed by atoms with van der Waals surface area (Å²) in [5, 5.41) is 6.40. The molecule has 2 N–H and O–H groups in total. The topological polar surface area (TPSA) is 75.3 Å². The lowest BCUT2D eigenvalue weighted by Crippen LogP contribution is -2.54. The second-order valence-corrected chi connectivity index (χ2v) is 8.63. The van der Waals surface area contributed by atoms with Crippen molar-refractivity contribution in [3.63, 3.8) is 0 Å². The Morgan fingerprint density at radius 1 is 1.22 bits per heavy atom. The third kappa shape index (κ3) is 2.54. The van der Waals surface area contributed by atoms with E-state index >= 15 is 0 Å². The van der Waals surface area contributed by atoms with E-state index in [1.165, 1.54) is 13.8 Å². The lowest BCUT2D eigenvalue weighted by atomic mass is 9.99. The van der Waals surface area contributed by atoms with Crippen LogP contribution in [0.4, 0.5) is 0 Å². The van der Waals surface area contributed by atoms with Gasteiger partial charge < -0.3 is 10.6 Å². The van der Waals surface area contributed by atoms with Crippen LogP contribution in [0.5, 0.6) is 0 Å². The van der Waals surface area contributed by atoms with Crippen LogP contribution >= 0.6 is 0 Å². The molecule has 2 aliphatic rings. The van der Waals surface area contributed by atoms with Gasteiger partial charge in [0.25, 0.3) is 0 Å². The zero-order valence-electron chi connectivity index (χ0n) is 11.2. The fourth-order valence-electron chi connectivity index (χ4n) is 2.70. The first-order valence-electron chi connectivity index (χ1n) is 6.47. The van der Waals surface area contributed by atoms with Crippen molar-refractivity contribution in [3.8, 4) is 0 Å². The smallest absolute Gasteiger partial charge is 0.241 e. The average Bonchev–Trinajstić information content (AvgIpc) is 2.56. The van der Waals surface area contributed by atoms with Crippen LogP contribution in [0, 0.1) is 0 Å². The molecular weight excluding hydrogens is 252 g/mol. The second-order valence-electron chi connectivity index (χ2n) is 6.06. The summed E-state index contributed by atoms with van der Waals surface area (Å²) in [6.45, 7) is 2.93. The summed E-state index contributed by atoms with van der Waals surface area (Å²) >= 11 is 0. The molecule has 2 unspecified atom stereocenters. The van der Waals surface area contributed by atoms with E-state index in [0.29, 0.717) is 12.1 Å². The summed E-state index contributed by atoms with van der Waals surface area (Å²) in [6.07, 6.45) is 5.24. The van der Waals surface area contributed by atoms with Crippen LogP contribution < -0.4 is 10.6 Å². The number of carbonyl (C=O) groups excluding carboxylic acids is 1. The predicted octanol–water partition coefficient (Wildman–Crippen LogP) is 0.209. The van der Waals surface area contributed by atoms with Gasteiger partial charge in [-0.15, -0.1) is 0 Å². The number of sulfone groups is 1. The Bertz CT molecular complexity index is 432. The number of carbonyl (C=O) groups is 1. The van der Waals surface area contributed by atoms with Gasteiger partial charge >= 0.3 is 0 Å². The van der Waals surface area contributed by atoms with Crippen molar-refractivity contribution in [2.45, 2.75) is 62.4 Å². The summed E-state index contributed by atoms with van der Waals surface area (Å²) in [7, 11) is -3.39. The van der Waals surface area contributed by atoms with Gasteiger partial charge in [0.2, 0.25) is 5.91 Å². The number of rotatable bonds is 3. The van der Waals surface area contributed by atoms with E-state index in [-0.39, 0.29) is 11.9 Å². The van der Waals surface area contributed by atoms with Gasteiger partial charge in [-0.2, -0.15) is 0 Å². The van der Waals surface area contributed by atoms with E-state index in [1.807, 2.05) is 0 Å². The Balaban J connectivity index is 2.00. The van der Waals surface area contributed by atoms with Crippen LogP contribution in [0.3, 0.4) is 0 Å². The van der Waals surface area contributed by atoms with Gasteiger partial charge in [-0.1, -0.05) is 0 Å². The minimum Gasteiger partial charge on any atom is -0.352 e. The van der Waals surface area contributed by atoms with Gasteiger partial charge in [0.05, 0.1) is 0 Å². The van der Waals surface area contributed by atoms with E-state index in [0.717, 1.165) is 31.9 Å². The lowest BCUT2D eigenvalue weighted by Gasteiger charge is -2.32. The molecule has 2 saturated heterocycles. The van der Waals surface area contributed by atoms with E-state index in [2.05, 4.69) is 10.6 Å². The standard InChI is InChI=1S/C12H22N2O3S/c1-12(2,18(3,16)17)11(15)14-10-6-8-4-5-9(7-10)13-8/h8-10,13H,4-7H2,1-3H3,(H,14,15). The van der Waals surface area contributed by atoms with Crippen molar-refractivity contribution < 1.29 is 13.2 Å². The highest BCUT2D eigenvalue weighted by atomic mass is 32.2. The quantitative estimate of drug-likeness (QED) is 0.771. The SMILES string of the molecule is CC(C)(C(=O)NC1CC2CCC(C1)N2)S(C)(=O)=O. The molecule has 0 radical (unpaired) electrons. The van der Waals surface area contributed by atoms with E-state index in [1.54, 1.807) is 0 Å². The van der Waals surface area contributed by atoms with Crippen molar-refractivity contribution in [2.24, 2.45) is 0 Å². The molecule has 6 heteroatoms. The Morgan fingerprint density at radius 3 is 2.17 bits per heavy atom. The van der Waals surface area contributed by atoms with E-state index in [4.69, 9.17) is 0 Å². The fourth-order valence-corrected chi connectivity index (χ4v) is 3.10. The molecule has 0 spiro atoms. The molecule has 2 heterocycles. The highest BCUT2D eigenvalue weighted by Crippen LogP contribution is 2.27. The number of nitrogens with one attached hydrogen (secondary N) is 2. The summed E-state index contributed by atoms with van der Waals surface area (Å²) in [5.41, 5.74) is 0. The zero-order valence-corrected chi connectivity index (χ0v) is 12.0. The highest BCUT2D eigenvalue weighted by Gasteiger charge is 2.41.